The Bertz CT molecular complexity index is 788. The van der Waals surface area contributed by atoms with Crippen molar-refractivity contribution in [2.24, 2.45) is 5.10 Å². The third kappa shape index (κ3) is 5.81. The molecule has 2 aromatic carbocycles. The van der Waals surface area contributed by atoms with E-state index in [2.05, 4.69) is 55.6 Å². The van der Waals surface area contributed by atoms with Gasteiger partial charge in [0.05, 0.1) is 12.3 Å². The van der Waals surface area contributed by atoms with Crippen LogP contribution in [0.1, 0.15) is 12.5 Å². The second kappa shape index (κ2) is 10.2. The van der Waals surface area contributed by atoms with E-state index in [0.717, 1.165) is 42.9 Å². The van der Waals surface area contributed by atoms with Crippen LogP contribution in [0.25, 0.3) is 0 Å². The highest BCUT2D eigenvalue weighted by molar-refractivity contribution is 9.10. The molecule has 1 saturated heterocycles. The molecule has 0 bridgehead atoms. The zero-order valence-electron chi connectivity index (χ0n) is 16.0. The number of carbonyl (C=O) groups excluding carboxylic acids is 1. The highest BCUT2D eigenvalue weighted by Gasteiger charge is 2.25. The van der Waals surface area contributed by atoms with E-state index in [-0.39, 0.29) is 0 Å². The van der Waals surface area contributed by atoms with Gasteiger partial charge >= 0.3 is 5.97 Å². The molecule has 1 fully saturated rings. The van der Waals surface area contributed by atoms with Crippen molar-refractivity contribution in [3.8, 4) is 0 Å². The van der Waals surface area contributed by atoms with Crippen molar-refractivity contribution in [3.63, 3.8) is 0 Å². The molecule has 0 saturated carbocycles. The molecule has 0 atom stereocenters. The minimum absolute atomic E-state index is 0.323. The summed E-state index contributed by atoms with van der Waals surface area (Å²) in [6.45, 7) is 6.23. The van der Waals surface area contributed by atoms with Crippen molar-refractivity contribution in [2.45, 2.75) is 13.5 Å². The summed E-state index contributed by atoms with van der Waals surface area (Å²) in [5.41, 5.74) is 5.08. The predicted octanol–water partition coefficient (Wildman–Crippen LogP) is 3.56. The Morgan fingerprint density at radius 2 is 1.75 bits per heavy atom. The average Bonchev–Trinajstić information content (AvgIpc) is 2.72. The second-order valence-electron chi connectivity index (χ2n) is 6.52. The van der Waals surface area contributed by atoms with Crippen molar-refractivity contribution in [3.05, 3.63) is 64.6 Å². The van der Waals surface area contributed by atoms with E-state index in [1.54, 1.807) is 6.92 Å². The lowest BCUT2D eigenvalue weighted by atomic mass is 10.2. The van der Waals surface area contributed by atoms with Gasteiger partial charge in [0.1, 0.15) is 0 Å². The first-order valence-electron chi connectivity index (χ1n) is 9.43. The Labute approximate surface area is 174 Å². The lowest BCUT2D eigenvalue weighted by Gasteiger charge is -2.35. The van der Waals surface area contributed by atoms with E-state index >= 15 is 0 Å². The van der Waals surface area contributed by atoms with E-state index in [1.165, 1.54) is 5.56 Å². The molecule has 0 amide bonds. The average molecular weight is 445 g/mol. The lowest BCUT2D eigenvalue weighted by molar-refractivity contribution is -0.136. The van der Waals surface area contributed by atoms with Crippen LogP contribution >= 0.6 is 15.9 Å². The van der Waals surface area contributed by atoms with E-state index in [1.807, 2.05) is 35.2 Å². The molecule has 28 heavy (non-hydrogen) atoms. The van der Waals surface area contributed by atoms with Gasteiger partial charge in [0, 0.05) is 37.2 Å². The first kappa shape index (κ1) is 20.4. The molecule has 1 aliphatic rings. The Balaban J connectivity index is 1.63. The monoisotopic (exact) mass is 444 g/mol. The van der Waals surface area contributed by atoms with Crippen LogP contribution in [0.3, 0.4) is 0 Å². The van der Waals surface area contributed by atoms with Gasteiger partial charge in [0.15, 0.2) is 0 Å². The summed E-state index contributed by atoms with van der Waals surface area (Å²) in [5, 5.41) is 4.36. The van der Waals surface area contributed by atoms with Gasteiger partial charge in [0.25, 0.3) is 0 Å². The first-order chi connectivity index (χ1) is 13.7. The fourth-order valence-electron chi connectivity index (χ4n) is 3.04. The van der Waals surface area contributed by atoms with Crippen molar-refractivity contribution in [1.82, 2.24) is 9.80 Å². The number of benzene rings is 2. The van der Waals surface area contributed by atoms with Crippen molar-refractivity contribution < 1.29 is 9.53 Å². The number of carbonyl (C=O) groups is 1. The Kier molecular flexibility index (Phi) is 7.45. The summed E-state index contributed by atoms with van der Waals surface area (Å²) in [4.78, 5) is 16.8. The fraction of sp³-hybridized carbons (Fsp3) is 0.333. The van der Waals surface area contributed by atoms with Crippen molar-refractivity contribution >= 4 is 33.4 Å². The van der Waals surface area contributed by atoms with Gasteiger partial charge in [-0.2, -0.15) is 0 Å². The number of ether oxygens (including phenoxy) is 1. The van der Waals surface area contributed by atoms with Gasteiger partial charge in [-0.15, -0.1) is 5.10 Å². The quantitative estimate of drug-likeness (QED) is 0.330. The normalized spacial score (nSPS) is 15.4. The number of amidine groups is 1. The molecule has 0 radical (unpaired) electrons. The molecule has 148 valence electrons. The maximum absolute atomic E-state index is 12.4. The van der Waals surface area contributed by atoms with Crippen LogP contribution in [0.4, 0.5) is 5.69 Å². The number of anilines is 1. The maximum Gasteiger partial charge on any atom is 0.375 e. The number of nitrogens with one attached hydrogen (secondary N) is 1. The molecule has 1 N–H and O–H groups in total. The van der Waals surface area contributed by atoms with Gasteiger partial charge in [-0.1, -0.05) is 46.3 Å². The van der Waals surface area contributed by atoms with Gasteiger partial charge in [-0.25, -0.2) is 4.79 Å². The molecule has 0 aromatic heterocycles. The molecule has 7 heteroatoms. The molecular formula is C21H25BrN4O2. The predicted molar refractivity (Wildman–Crippen MR) is 115 cm³/mol. The van der Waals surface area contributed by atoms with Crippen molar-refractivity contribution in [1.29, 1.82) is 0 Å². The minimum Gasteiger partial charge on any atom is -0.460 e. The number of nitrogens with zero attached hydrogens (tertiary/aromatic N) is 3. The number of piperazine rings is 1. The lowest BCUT2D eigenvalue weighted by Crippen LogP contribution is -2.50. The molecule has 0 aliphatic carbocycles. The number of hydrazone groups is 1. The van der Waals surface area contributed by atoms with Gasteiger partial charge in [-0.05, 0) is 36.8 Å². The summed E-state index contributed by atoms with van der Waals surface area (Å²) in [5.74, 6) is -0.0762. The Morgan fingerprint density at radius 3 is 2.39 bits per heavy atom. The highest BCUT2D eigenvalue weighted by atomic mass is 79.9. The zero-order chi connectivity index (χ0) is 19.8. The third-order valence-corrected chi connectivity index (χ3v) is 5.04. The van der Waals surface area contributed by atoms with Gasteiger partial charge in [0.2, 0.25) is 5.84 Å². The minimum atomic E-state index is -0.399. The van der Waals surface area contributed by atoms with Crippen LogP contribution in [0.15, 0.2) is 64.2 Å². The SMILES string of the molecule is CCOC(=O)/C(=N/Nc1ccc(Br)cc1)N1CCN(Cc2ccccc2)CC1. The topological polar surface area (TPSA) is 57.2 Å². The van der Waals surface area contributed by atoms with Crippen molar-refractivity contribution in [2.75, 3.05) is 38.2 Å². The molecule has 6 nitrogen and oxygen atoms in total. The Hall–Kier alpha value is -2.38. The van der Waals surface area contributed by atoms with Crippen LogP contribution in [-0.4, -0.2) is 54.4 Å². The van der Waals surface area contributed by atoms with Crippen LogP contribution in [0.5, 0.6) is 0 Å². The summed E-state index contributed by atoms with van der Waals surface area (Å²) in [6, 6.07) is 18.1. The second-order valence-corrected chi connectivity index (χ2v) is 7.44. The zero-order valence-corrected chi connectivity index (χ0v) is 17.6. The molecule has 1 aliphatic heterocycles. The number of hydrogen-bond acceptors (Lipinski definition) is 5. The smallest absolute Gasteiger partial charge is 0.375 e. The van der Waals surface area contributed by atoms with E-state index < -0.39 is 5.97 Å². The van der Waals surface area contributed by atoms with E-state index in [9.17, 15) is 4.79 Å². The molecule has 3 rings (SSSR count). The number of rotatable bonds is 5. The molecule has 1 heterocycles. The van der Waals surface area contributed by atoms with Gasteiger partial charge in [-0.3, -0.25) is 10.3 Å². The molecule has 0 unspecified atom stereocenters. The maximum atomic E-state index is 12.4. The molecule has 2 aromatic rings. The van der Waals surface area contributed by atoms with Crippen LogP contribution < -0.4 is 5.43 Å². The summed E-state index contributed by atoms with van der Waals surface area (Å²) >= 11 is 3.41. The largest absolute Gasteiger partial charge is 0.460 e. The van der Waals surface area contributed by atoms with Crippen LogP contribution in [0, 0.1) is 0 Å². The van der Waals surface area contributed by atoms with E-state index in [4.69, 9.17) is 4.74 Å². The van der Waals surface area contributed by atoms with Crippen LogP contribution in [0.2, 0.25) is 0 Å². The fourth-order valence-corrected chi connectivity index (χ4v) is 3.31. The summed E-state index contributed by atoms with van der Waals surface area (Å²) in [6.07, 6.45) is 0. The highest BCUT2D eigenvalue weighted by Crippen LogP contribution is 2.15. The number of halogens is 1. The summed E-state index contributed by atoms with van der Waals surface area (Å²) in [7, 11) is 0. The van der Waals surface area contributed by atoms with Gasteiger partial charge < -0.3 is 9.64 Å². The van der Waals surface area contributed by atoms with E-state index in [0.29, 0.717) is 12.4 Å². The summed E-state index contributed by atoms with van der Waals surface area (Å²) < 4.78 is 6.20. The molecular weight excluding hydrogens is 420 g/mol. The first-order valence-corrected chi connectivity index (χ1v) is 10.2. The standard InChI is InChI=1S/C21H25BrN4O2/c1-2-28-21(27)20(24-23-19-10-8-18(22)9-11-19)26-14-12-25(13-15-26)16-17-6-4-3-5-7-17/h3-11,23H,2,12-16H2,1H3/b24-20-. The molecule has 0 spiro atoms. The van der Waals surface area contributed by atoms with Crippen LogP contribution in [-0.2, 0) is 16.1 Å². The number of hydrogen-bond donors (Lipinski definition) is 1. The Morgan fingerprint density at radius 1 is 1.07 bits per heavy atom. The number of esters is 1. The third-order valence-electron chi connectivity index (χ3n) is 4.51.